The van der Waals surface area contributed by atoms with Crippen LogP contribution >= 0.6 is 0 Å². The Kier molecular flexibility index (Phi) is 3.55. The topological polar surface area (TPSA) is 60.4 Å². The first-order valence-electron chi connectivity index (χ1n) is 5.10. The summed E-state index contributed by atoms with van der Waals surface area (Å²) < 4.78 is 0.309. The molecule has 1 aromatic carbocycles. The predicted molar refractivity (Wildman–Crippen MR) is 58.6 cm³/mol. The zero-order chi connectivity index (χ0) is 12.3. The van der Waals surface area contributed by atoms with E-state index in [4.69, 9.17) is 5.11 Å². The monoisotopic (exact) mass is 223 g/mol. The summed E-state index contributed by atoms with van der Waals surface area (Å²) in [7, 11) is 5.46. The maximum Gasteiger partial charge on any atom is 0.133 e. The van der Waals surface area contributed by atoms with Gasteiger partial charge in [-0.3, -0.25) is 0 Å². The van der Waals surface area contributed by atoms with Gasteiger partial charge in [0.1, 0.15) is 11.8 Å². The lowest BCUT2D eigenvalue weighted by Gasteiger charge is -2.34. The van der Waals surface area contributed by atoms with Crippen LogP contribution < -0.4 is 5.11 Å². The summed E-state index contributed by atoms with van der Waals surface area (Å²) in [5.74, 6) is -0.875. The molecule has 0 saturated heterocycles. The molecule has 0 aliphatic carbocycles. The van der Waals surface area contributed by atoms with E-state index in [2.05, 4.69) is 0 Å². The lowest BCUT2D eigenvalue weighted by Crippen LogP contribution is -2.55. The molecule has 0 aliphatic rings. The highest BCUT2D eigenvalue weighted by molar-refractivity contribution is 5.70. The number of phenols is 1. The first-order chi connectivity index (χ1) is 7.30. The van der Waals surface area contributed by atoms with Crippen molar-refractivity contribution in [2.45, 2.75) is 12.5 Å². The standard InChI is InChI=1S/C12H17NO3/c1-13(2,3)11(12(15)16)8-9-4-6-10(14)7-5-9/h4-7,11H,8H2,1-3H3,(H-,14,15,16)/t11-/m0/s1. The van der Waals surface area contributed by atoms with Crippen LogP contribution in [0.3, 0.4) is 0 Å². The van der Waals surface area contributed by atoms with E-state index in [0.29, 0.717) is 10.9 Å². The molecule has 0 heterocycles. The number of phenolic OH excluding ortho intramolecular Hbond substituents is 1. The number of carbonyl (C=O) groups excluding carboxylic acids is 1. The van der Waals surface area contributed by atoms with E-state index >= 15 is 0 Å². The van der Waals surface area contributed by atoms with Gasteiger partial charge in [0.25, 0.3) is 0 Å². The zero-order valence-corrected chi connectivity index (χ0v) is 9.80. The Bertz CT molecular complexity index is 365. The highest BCUT2D eigenvalue weighted by Gasteiger charge is 2.25. The molecule has 0 saturated carbocycles. The Morgan fingerprint density at radius 1 is 1.31 bits per heavy atom. The van der Waals surface area contributed by atoms with Crippen LogP contribution in [0.4, 0.5) is 0 Å². The molecule has 1 aromatic rings. The number of carbonyl (C=O) groups is 1. The molecular formula is C12H17NO3. The van der Waals surface area contributed by atoms with Crippen molar-refractivity contribution < 1.29 is 19.5 Å². The Hall–Kier alpha value is -1.55. The first-order valence-corrected chi connectivity index (χ1v) is 5.10. The number of quaternary nitrogens is 1. The van der Waals surface area contributed by atoms with Gasteiger partial charge in [-0.15, -0.1) is 0 Å². The second kappa shape index (κ2) is 4.53. The Balaban J connectivity index is 2.84. The number of hydrogen-bond donors (Lipinski definition) is 1. The van der Waals surface area contributed by atoms with Gasteiger partial charge in [-0.05, 0) is 17.7 Å². The molecule has 0 fully saturated rings. The second-order valence-corrected chi connectivity index (χ2v) is 4.82. The summed E-state index contributed by atoms with van der Waals surface area (Å²) in [5, 5.41) is 20.2. The fourth-order valence-corrected chi connectivity index (χ4v) is 1.53. The molecule has 0 unspecified atom stereocenters. The minimum atomic E-state index is -1.06. The highest BCUT2D eigenvalue weighted by atomic mass is 16.4. The van der Waals surface area contributed by atoms with E-state index in [1.54, 1.807) is 24.3 Å². The van der Waals surface area contributed by atoms with Crippen LogP contribution in [0.2, 0.25) is 0 Å². The van der Waals surface area contributed by atoms with Crippen LogP contribution in [0.1, 0.15) is 5.56 Å². The van der Waals surface area contributed by atoms with Crippen molar-refractivity contribution >= 4 is 5.97 Å². The minimum Gasteiger partial charge on any atom is -0.544 e. The molecule has 1 atom stereocenters. The molecule has 1 N–H and O–H groups in total. The summed E-state index contributed by atoms with van der Waals surface area (Å²) in [6.07, 6.45) is 0.395. The average molecular weight is 223 g/mol. The van der Waals surface area contributed by atoms with Gasteiger partial charge in [-0.1, -0.05) is 12.1 Å². The number of aromatic hydroxyl groups is 1. The van der Waals surface area contributed by atoms with Crippen molar-refractivity contribution in [2.75, 3.05) is 21.1 Å². The molecule has 0 radical (unpaired) electrons. The third-order valence-corrected chi connectivity index (χ3v) is 2.57. The number of carboxylic acid groups (broad SMARTS) is 1. The molecule has 0 aromatic heterocycles. The molecular weight excluding hydrogens is 206 g/mol. The lowest BCUT2D eigenvalue weighted by molar-refractivity contribution is -0.889. The number of benzene rings is 1. The predicted octanol–water partition coefficient (Wildman–Crippen LogP) is -0.241. The van der Waals surface area contributed by atoms with Crippen molar-refractivity contribution in [1.82, 2.24) is 0 Å². The Morgan fingerprint density at radius 3 is 2.19 bits per heavy atom. The van der Waals surface area contributed by atoms with Crippen molar-refractivity contribution in [3.05, 3.63) is 29.8 Å². The van der Waals surface area contributed by atoms with Gasteiger partial charge in [-0.2, -0.15) is 0 Å². The van der Waals surface area contributed by atoms with E-state index in [9.17, 15) is 9.90 Å². The van der Waals surface area contributed by atoms with Gasteiger partial charge in [-0.25, -0.2) is 0 Å². The number of carboxylic acids is 1. The summed E-state index contributed by atoms with van der Waals surface area (Å²) in [6.45, 7) is 0. The minimum absolute atomic E-state index is 0.180. The van der Waals surface area contributed by atoms with Crippen molar-refractivity contribution in [1.29, 1.82) is 0 Å². The zero-order valence-electron chi connectivity index (χ0n) is 9.80. The van der Waals surface area contributed by atoms with Gasteiger partial charge in [0.15, 0.2) is 0 Å². The molecule has 88 valence electrons. The molecule has 0 spiro atoms. The fourth-order valence-electron chi connectivity index (χ4n) is 1.53. The van der Waals surface area contributed by atoms with Crippen LogP contribution in [-0.4, -0.2) is 42.7 Å². The van der Waals surface area contributed by atoms with Gasteiger partial charge in [0.2, 0.25) is 0 Å². The smallest absolute Gasteiger partial charge is 0.133 e. The molecule has 0 aliphatic heterocycles. The van der Waals surface area contributed by atoms with Crippen LogP contribution in [0.25, 0.3) is 0 Å². The van der Waals surface area contributed by atoms with Gasteiger partial charge in [0, 0.05) is 6.42 Å². The second-order valence-electron chi connectivity index (χ2n) is 4.82. The molecule has 4 heteroatoms. The number of likely N-dealkylation sites (N-methyl/N-ethyl adjacent to an activating group) is 1. The Morgan fingerprint density at radius 2 is 1.81 bits per heavy atom. The molecule has 0 amide bonds. The van der Waals surface area contributed by atoms with Gasteiger partial charge < -0.3 is 19.5 Å². The SMILES string of the molecule is C[N+](C)(C)[C@@H](Cc1ccc(O)cc1)C(=O)[O-]. The summed E-state index contributed by atoms with van der Waals surface area (Å²) in [4.78, 5) is 11.0. The molecule has 16 heavy (non-hydrogen) atoms. The van der Waals surface area contributed by atoms with Crippen molar-refractivity contribution in [3.63, 3.8) is 0 Å². The van der Waals surface area contributed by atoms with Crippen LogP contribution in [-0.2, 0) is 11.2 Å². The fraction of sp³-hybridized carbons (Fsp3) is 0.417. The van der Waals surface area contributed by atoms with E-state index in [1.165, 1.54) is 0 Å². The molecule has 0 bridgehead atoms. The average Bonchev–Trinajstić information content (AvgIpc) is 2.14. The maximum atomic E-state index is 11.0. The quantitative estimate of drug-likeness (QED) is 0.717. The molecule has 1 rings (SSSR count). The lowest BCUT2D eigenvalue weighted by atomic mass is 10.0. The third kappa shape index (κ3) is 3.24. The van der Waals surface area contributed by atoms with Crippen molar-refractivity contribution in [2.24, 2.45) is 0 Å². The van der Waals surface area contributed by atoms with E-state index in [0.717, 1.165) is 5.56 Å². The first kappa shape index (κ1) is 12.5. The van der Waals surface area contributed by atoms with E-state index < -0.39 is 12.0 Å². The normalized spacial score (nSPS) is 13.4. The maximum absolute atomic E-state index is 11.0. The summed E-state index contributed by atoms with van der Waals surface area (Å²) in [5.41, 5.74) is 0.875. The van der Waals surface area contributed by atoms with Crippen LogP contribution in [0.5, 0.6) is 5.75 Å². The van der Waals surface area contributed by atoms with Crippen LogP contribution in [0, 0.1) is 0 Å². The van der Waals surface area contributed by atoms with Gasteiger partial charge >= 0.3 is 0 Å². The largest absolute Gasteiger partial charge is 0.544 e. The van der Waals surface area contributed by atoms with Crippen LogP contribution in [0.15, 0.2) is 24.3 Å². The van der Waals surface area contributed by atoms with Gasteiger partial charge in [0.05, 0.1) is 27.1 Å². The Labute approximate surface area is 95.3 Å². The number of rotatable bonds is 4. The summed E-state index contributed by atoms with van der Waals surface area (Å²) in [6, 6.07) is 5.96. The van der Waals surface area contributed by atoms with E-state index in [-0.39, 0.29) is 5.75 Å². The van der Waals surface area contributed by atoms with E-state index in [1.807, 2.05) is 21.1 Å². The number of nitrogens with zero attached hydrogens (tertiary/aromatic N) is 1. The third-order valence-electron chi connectivity index (χ3n) is 2.57. The van der Waals surface area contributed by atoms with Crippen molar-refractivity contribution in [3.8, 4) is 5.75 Å². The highest BCUT2D eigenvalue weighted by Crippen LogP contribution is 2.14. The molecule has 4 nitrogen and oxygen atoms in total. The summed E-state index contributed by atoms with van der Waals surface area (Å²) >= 11 is 0. The number of hydrogen-bond acceptors (Lipinski definition) is 3. The number of aliphatic carboxylic acids is 1.